The highest BCUT2D eigenvalue weighted by atomic mass is 16.5. The Morgan fingerprint density at radius 1 is 1.40 bits per heavy atom. The summed E-state index contributed by atoms with van der Waals surface area (Å²) in [6.45, 7) is 6.49. The van der Waals surface area contributed by atoms with Crippen LogP contribution in [0.25, 0.3) is 0 Å². The molecule has 0 aliphatic heterocycles. The number of hydrogen-bond donors (Lipinski definition) is 2. The summed E-state index contributed by atoms with van der Waals surface area (Å²) in [6.07, 6.45) is 0.875. The number of carbonyl (C=O) groups is 1. The lowest BCUT2D eigenvalue weighted by Crippen LogP contribution is -2.46. The fraction of sp³-hybridized carbons (Fsp3) is 0.562. The molecule has 3 N–H and O–H groups in total. The van der Waals surface area contributed by atoms with Gasteiger partial charge in [-0.15, -0.1) is 0 Å². The monoisotopic (exact) mass is 278 g/mol. The maximum atomic E-state index is 12.0. The van der Waals surface area contributed by atoms with Crippen molar-refractivity contribution in [2.75, 3.05) is 13.7 Å². The summed E-state index contributed by atoms with van der Waals surface area (Å²) < 4.78 is 5.14. The van der Waals surface area contributed by atoms with Crippen LogP contribution >= 0.6 is 0 Å². The molecule has 0 spiro atoms. The molecule has 0 radical (unpaired) electrons. The fourth-order valence-electron chi connectivity index (χ4n) is 2.23. The quantitative estimate of drug-likeness (QED) is 0.799. The third-order valence-electron chi connectivity index (χ3n) is 3.38. The minimum atomic E-state index is -0.296. The number of benzene rings is 1. The second kappa shape index (κ2) is 7.41. The second-order valence-electron chi connectivity index (χ2n) is 5.83. The molecule has 4 nitrogen and oxygen atoms in total. The van der Waals surface area contributed by atoms with E-state index in [2.05, 4.69) is 24.4 Å². The largest absolute Gasteiger partial charge is 0.380 e. The number of rotatable bonds is 7. The van der Waals surface area contributed by atoms with Crippen molar-refractivity contribution < 1.29 is 9.53 Å². The third kappa shape index (κ3) is 5.31. The van der Waals surface area contributed by atoms with Crippen molar-refractivity contribution in [3.63, 3.8) is 0 Å². The minimum absolute atomic E-state index is 0.0270. The molecular weight excluding hydrogens is 252 g/mol. The molecule has 0 aliphatic rings. The second-order valence-corrected chi connectivity index (χ2v) is 5.83. The van der Waals surface area contributed by atoms with Gasteiger partial charge in [-0.1, -0.05) is 24.3 Å². The summed E-state index contributed by atoms with van der Waals surface area (Å²) in [4.78, 5) is 12.0. The Balaban J connectivity index is 2.61. The first-order valence-electron chi connectivity index (χ1n) is 6.96. The molecule has 0 bridgehead atoms. The molecule has 1 aromatic rings. The first-order valence-corrected chi connectivity index (χ1v) is 6.96. The highest BCUT2D eigenvalue weighted by Crippen LogP contribution is 2.16. The lowest BCUT2D eigenvalue weighted by molar-refractivity contribution is -0.124. The molecule has 0 aromatic heterocycles. The van der Waals surface area contributed by atoms with Gasteiger partial charge in [0.25, 0.3) is 0 Å². The van der Waals surface area contributed by atoms with Crippen LogP contribution in [0.2, 0.25) is 0 Å². The molecule has 0 saturated heterocycles. The topological polar surface area (TPSA) is 64.3 Å². The summed E-state index contributed by atoms with van der Waals surface area (Å²) in [7, 11) is 1.57. The standard InChI is InChI=1S/C16H26N2O2/c1-12-7-5-6-8-13(12)10-16(2,3)18-15(19)9-14(11-17)20-4/h5-8,14H,9-11,17H2,1-4H3,(H,18,19). The Labute approximate surface area is 121 Å². The van der Waals surface area contributed by atoms with Crippen molar-refractivity contribution in [3.8, 4) is 0 Å². The Morgan fingerprint density at radius 3 is 2.60 bits per heavy atom. The Morgan fingerprint density at radius 2 is 2.05 bits per heavy atom. The lowest BCUT2D eigenvalue weighted by atomic mass is 9.92. The Kier molecular flexibility index (Phi) is 6.17. The zero-order chi connectivity index (χ0) is 15.2. The summed E-state index contributed by atoms with van der Waals surface area (Å²) in [6, 6.07) is 8.23. The average Bonchev–Trinajstić information content (AvgIpc) is 2.37. The van der Waals surface area contributed by atoms with Crippen molar-refractivity contribution in [1.82, 2.24) is 5.32 Å². The molecule has 1 aromatic carbocycles. The molecule has 0 aliphatic carbocycles. The third-order valence-corrected chi connectivity index (χ3v) is 3.38. The zero-order valence-electron chi connectivity index (χ0n) is 12.9. The van der Waals surface area contributed by atoms with Gasteiger partial charge in [0, 0.05) is 19.2 Å². The summed E-state index contributed by atoms with van der Waals surface area (Å²) >= 11 is 0. The SMILES string of the molecule is COC(CN)CC(=O)NC(C)(C)Cc1ccccc1C. The molecule has 1 rings (SSSR count). The summed E-state index contributed by atoms with van der Waals surface area (Å²) in [5, 5.41) is 3.06. The van der Waals surface area contributed by atoms with E-state index in [0.717, 1.165) is 6.42 Å². The van der Waals surface area contributed by atoms with E-state index >= 15 is 0 Å². The van der Waals surface area contributed by atoms with Gasteiger partial charge in [0.2, 0.25) is 5.91 Å². The predicted octanol–water partition coefficient (Wildman–Crippen LogP) is 1.80. The molecule has 0 saturated carbocycles. The minimum Gasteiger partial charge on any atom is -0.380 e. The van der Waals surface area contributed by atoms with E-state index < -0.39 is 0 Å². The van der Waals surface area contributed by atoms with Gasteiger partial charge in [-0.25, -0.2) is 0 Å². The number of ether oxygens (including phenoxy) is 1. The number of methoxy groups -OCH3 is 1. The molecule has 112 valence electrons. The zero-order valence-corrected chi connectivity index (χ0v) is 12.9. The van der Waals surface area contributed by atoms with E-state index in [4.69, 9.17) is 10.5 Å². The van der Waals surface area contributed by atoms with Crippen LogP contribution in [-0.2, 0) is 16.0 Å². The van der Waals surface area contributed by atoms with Crippen LogP contribution in [0.15, 0.2) is 24.3 Å². The normalized spacial score (nSPS) is 13.1. The van der Waals surface area contributed by atoms with E-state index in [1.807, 2.05) is 26.0 Å². The van der Waals surface area contributed by atoms with Gasteiger partial charge in [0.15, 0.2) is 0 Å². The van der Waals surface area contributed by atoms with Gasteiger partial charge in [-0.3, -0.25) is 4.79 Å². The molecule has 1 unspecified atom stereocenters. The first kappa shape index (κ1) is 16.7. The average molecular weight is 278 g/mol. The molecule has 0 fully saturated rings. The van der Waals surface area contributed by atoms with Crippen molar-refractivity contribution in [1.29, 1.82) is 0 Å². The summed E-state index contributed by atoms with van der Waals surface area (Å²) in [5.41, 5.74) is 7.73. The van der Waals surface area contributed by atoms with Crippen LogP contribution in [0.4, 0.5) is 0 Å². The van der Waals surface area contributed by atoms with E-state index in [1.54, 1.807) is 7.11 Å². The smallest absolute Gasteiger partial charge is 0.223 e. The van der Waals surface area contributed by atoms with Crippen LogP contribution < -0.4 is 11.1 Å². The van der Waals surface area contributed by atoms with Crippen molar-refractivity contribution in [2.24, 2.45) is 5.73 Å². The predicted molar refractivity (Wildman–Crippen MR) is 81.6 cm³/mol. The van der Waals surface area contributed by atoms with Gasteiger partial charge in [-0.05, 0) is 38.3 Å². The molecule has 0 heterocycles. The number of nitrogens with two attached hydrogens (primary N) is 1. The number of carbonyl (C=O) groups excluding carboxylic acids is 1. The van der Waals surface area contributed by atoms with Crippen LogP contribution in [0, 0.1) is 6.92 Å². The molecule has 20 heavy (non-hydrogen) atoms. The van der Waals surface area contributed by atoms with Gasteiger partial charge >= 0.3 is 0 Å². The highest BCUT2D eigenvalue weighted by molar-refractivity contribution is 5.77. The van der Waals surface area contributed by atoms with Crippen LogP contribution in [0.1, 0.15) is 31.4 Å². The first-order chi connectivity index (χ1) is 9.38. The van der Waals surface area contributed by atoms with Gasteiger partial charge in [-0.2, -0.15) is 0 Å². The van der Waals surface area contributed by atoms with E-state index in [-0.39, 0.29) is 17.6 Å². The molecule has 1 amide bonds. The van der Waals surface area contributed by atoms with Crippen LogP contribution in [-0.4, -0.2) is 31.2 Å². The molecule has 4 heteroatoms. The Hall–Kier alpha value is -1.39. The molecular formula is C16H26N2O2. The maximum absolute atomic E-state index is 12.0. The van der Waals surface area contributed by atoms with E-state index in [9.17, 15) is 4.79 Å². The van der Waals surface area contributed by atoms with Crippen LogP contribution in [0.5, 0.6) is 0 Å². The van der Waals surface area contributed by atoms with Crippen molar-refractivity contribution >= 4 is 5.91 Å². The fourth-order valence-corrected chi connectivity index (χ4v) is 2.23. The number of aryl methyl sites for hydroxylation is 1. The van der Waals surface area contributed by atoms with E-state index in [0.29, 0.717) is 13.0 Å². The van der Waals surface area contributed by atoms with Gasteiger partial charge in [0.1, 0.15) is 0 Å². The lowest BCUT2D eigenvalue weighted by Gasteiger charge is -2.28. The van der Waals surface area contributed by atoms with Gasteiger partial charge in [0.05, 0.1) is 12.5 Å². The number of nitrogens with one attached hydrogen (secondary N) is 1. The van der Waals surface area contributed by atoms with Crippen LogP contribution in [0.3, 0.4) is 0 Å². The van der Waals surface area contributed by atoms with Crippen molar-refractivity contribution in [3.05, 3.63) is 35.4 Å². The van der Waals surface area contributed by atoms with Crippen molar-refractivity contribution in [2.45, 2.75) is 45.3 Å². The highest BCUT2D eigenvalue weighted by Gasteiger charge is 2.23. The Bertz CT molecular complexity index is 440. The number of amides is 1. The molecule has 1 atom stereocenters. The maximum Gasteiger partial charge on any atom is 0.223 e. The van der Waals surface area contributed by atoms with E-state index in [1.165, 1.54) is 11.1 Å². The number of hydrogen-bond acceptors (Lipinski definition) is 3. The summed E-state index contributed by atoms with van der Waals surface area (Å²) in [5.74, 6) is -0.0270. The van der Waals surface area contributed by atoms with Gasteiger partial charge < -0.3 is 15.8 Å².